The lowest BCUT2D eigenvalue weighted by atomic mass is 10.0. The molecule has 2 N–H and O–H groups in total. The van der Waals surface area contributed by atoms with Crippen molar-refractivity contribution in [2.75, 3.05) is 5.73 Å². The van der Waals surface area contributed by atoms with E-state index in [4.69, 9.17) is 14.7 Å². The Morgan fingerprint density at radius 3 is 2.42 bits per heavy atom. The van der Waals surface area contributed by atoms with Gasteiger partial charge in [0.25, 0.3) is 0 Å². The standard InChI is InChI=1S/C15H14N2O2/c1-9-3-5-11(6-4-9)13-14(17-19-15(13)16)12-7-10(2)18-8-12/h3-8H,16H2,1-2H3. The molecule has 0 spiro atoms. The number of anilines is 1. The molecule has 2 heterocycles. The molecule has 0 aliphatic rings. The van der Waals surface area contributed by atoms with Crippen LogP contribution in [0.4, 0.5) is 5.88 Å². The van der Waals surface area contributed by atoms with Crippen molar-refractivity contribution >= 4 is 5.88 Å². The van der Waals surface area contributed by atoms with Gasteiger partial charge in [-0.05, 0) is 25.5 Å². The van der Waals surface area contributed by atoms with E-state index in [1.165, 1.54) is 5.56 Å². The molecule has 4 heteroatoms. The van der Waals surface area contributed by atoms with Crippen molar-refractivity contribution in [1.82, 2.24) is 5.16 Å². The number of hydrogen-bond donors (Lipinski definition) is 1. The first-order chi connectivity index (χ1) is 9.15. The SMILES string of the molecule is Cc1ccc(-c2c(-c3coc(C)c3)noc2N)cc1. The predicted molar refractivity (Wildman–Crippen MR) is 73.5 cm³/mol. The average molecular weight is 254 g/mol. The third-order valence-corrected chi connectivity index (χ3v) is 3.06. The van der Waals surface area contributed by atoms with Gasteiger partial charge in [0.2, 0.25) is 5.88 Å². The summed E-state index contributed by atoms with van der Waals surface area (Å²) in [6, 6.07) is 10.00. The van der Waals surface area contributed by atoms with Crippen molar-refractivity contribution in [2.45, 2.75) is 13.8 Å². The topological polar surface area (TPSA) is 65.2 Å². The van der Waals surface area contributed by atoms with Gasteiger partial charge in [0.1, 0.15) is 17.7 Å². The number of nitrogens with zero attached hydrogens (tertiary/aromatic N) is 1. The maximum absolute atomic E-state index is 5.90. The van der Waals surface area contributed by atoms with E-state index in [1.54, 1.807) is 6.26 Å². The minimum atomic E-state index is 0.317. The molecule has 0 radical (unpaired) electrons. The monoisotopic (exact) mass is 254 g/mol. The van der Waals surface area contributed by atoms with Gasteiger partial charge in [-0.3, -0.25) is 0 Å². The number of nitrogens with two attached hydrogens (primary N) is 1. The van der Waals surface area contributed by atoms with E-state index in [0.29, 0.717) is 11.6 Å². The first-order valence-electron chi connectivity index (χ1n) is 6.03. The highest BCUT2D eigenvalue weighted by atomic mass is 16.5. The van der Waals surface area contributed by atoms with Crippen molar-refractivity contribution < 1.29 is 8.94 Å². The van der Waals surface area contributed by atoms with Crippen molar-refractivity contribution in [3.63, 3.8) is 0 Å². The number of aryl methyl sites for hydroxylation is 2. The molecule has 19 heavy (non-hydrogen) atoms. The largest absolute Gasteiger partial charge is 0.469 e. The van der Waals surface area contributed by atoms with Crippen LogP contribution in [0.15, 0.2) is 45.5 Å². The number of hydrogen-bond acceptors (Lipinski definition) is 4. The number of furan rings is 1. The molecule has 3 rings (SSSR count). The van der Waals surface area contributed by atoms with Crippen molar-refractivity contribution in [2.24, 2.45) is 0 Å². The fourth-order valence-electron chi connectivity index (χ4n) is 2.07. The second-order valence-electron chi connectivity index (χ2n) is 4.58. The van der Waals surface area contributed by atoms with Crippen LogP contribution in [0.3, 0.4) is 0 Å². The molecule has 96 valence electrons. The number of benzene rings is 1. The van der Waals surface area contributed by atoms with Crippen LogP contribution in [-0.2, 0) is 0 Å². The number of aromatic nitrogens is 1. The minimum absolute atomic E-state index is 0.317. The average Bonchev–Trinajstić information content (AvgIpc) is 2.97. The van der Waals surface area contributed by atoms with Gasteiger partial charge in [0.15, 0.2) is 0 Å². The smallest absolute Gasteiger partial charge is 0.230 e. The third kappa shape index (κ3) is 2.01. The molecular formula is C15H14N2O2. The second-order valence-corrected chi connectivity index (χ2v) is 4.58. The van der Waals surface area contributed by atoms with Crippen LogP contribution >= 0.6 is 0 Å². The summed E-state index contributed by atoms with van der Waals surface area (Å²) in [6.07, 6.45) is 1.66. The lowest BCUT2D eigenvalue weighted by Gasteiger charge is -2.01. The summed E-state index contributed by atoms with van der Waals surface area (Å²) < 4.78 is 10.4. The van der Waals surface area contributed by atoms with Crippen LogP contribution in [0.25, 0.3) is 22.4 Å². The lowest BCUT2D eigenvalue weighted by Crippen LogP contribution is -1.87. The minimum Gasteiger partial charge on any atom is -0.469 e. The summed E-state index contributed by atoms with van der Waals surface area (Å²) in [6.45, 7) is 3.93. The van der Waals surface area contributed by atoms with E-state index in [0.717, 1.165) is 22.5 Å². The normalized spacial score (nSPS) is 10.8. The molecular weight excluding hydrogens is 240 g/mol. The number of nitrogen functional groups attached to an aromatic ring is 1. The van der Waals surface area contributed by atoms with Crippen LogP contribution < -0.4 is 5.73 Å². The summed E-state index contributed by atoms with van der Waals surface area (Å²) >= 11 is 0. The number of rotatable bonds is 2. The Kier molecular flexibility index (Phi) is 2.63. The Morgan fingerprint density at radius 1 is 1.05 bits per heavy atom. The molecule has 0 aliphatic carbocycles. The van der Waals surface area contributed by atoms with E-state index < -0.39 is 0 Å². The summed E-state index contributed by atoms with van der Waals surface area (Å²) in [5.41, 5.74) is 10.5. The van der Waals surface area contributed by atoms with Crippen LogP contribution in [0.1, 0.15) is 11.3 Å². The van der Waals surface area contributed by atoms with Crippen molar-refractivity contribution in [3.8, 4) is 22.4 Å². The van der Waals surface area contributed by atoms with Gasteiger partial charge in [-0.25, -0.2) is 0 Å². The zero-order valence-electron chi connectivity index (χ0n) is 10.8. The van der Waals surface area contributed by atoms with Gasteiger partial charge in [-0.1, -0.05) is 35.0 Å². The van der Waals surface area contributed by atoms with E-state index >= 15 is 0 Å². The van der Waals surface area contributed by atoms with Gasteiger partial charge in [0.05, 0.1) is 5.56 Å². The molecule has 3 aromatic rings. The Balaban J connectivity index is 2.16. The second kappa shape index (κ2) is 4.31. The molecule has 2 aromatic heterocycles. The molecule has 0 saturated heterocycles. The first kappa shape index (κ1) is 11.6. The van der Waals surface area contributed by atoms with Gasteiger partial charge in [-0.15, -0.1) is 0 Å². The Hall–Kier alpha value is -2.49. The Bertz CT molecular complexity index is 708. The highest BCUT2D eigenvalue weighted by molar-refractivity contribution is 5.86. The van der Waals surface area contributed by atoms with Crippen molar-refractivity contribution in [1.29, 1.82) is 0 Å². The highest BCUT2D eigenvalue weighted by Gasteiger charge is 2.18. The Morgan fingerprint density at radius 2 is 1.79 bits per heavy atom. The van der Waals surface area contributed by atoms with Crippen molar-refractivity contribution in [3.05, 3.63) is 47.9 Å². The van der Waals surface area contributed by atoms with Crippen LogP contribution in [0, 0.1) is 13.8 Å². The van der Waals surface area contributed by atoms with Gasteiger partial charge in [0, 0.05) is 5.56 Å². The van der Waals surface area contributed by atoms with E-state index in [-0.39, 0.29) is 0 Å². The molecule has 0 bridgehead atoms. The molecule has 0 unspecified atom stereocenters. The zero-order chi connectivity index (χ0) is 13.4. The van der Waals surface area contributed by atoms with E-state index in [1.807, 2.05) is 44.2 Å². The molecule has 0 saturated carbocycles. The summed E-state index contributed by atoms with van der Waals surface area (Å²) in [7, 11) is 0. The van der Waals surface area contributed by atoms with Crippen LogP contribution in [0.5, 0.6) is 0 Å². The first-order valence-corrected chi connectivity index (χ1v) is 6.03. The van der Waals surface area contributed by atoms with E-state index in [9.17, 15) is 0 Å². The highest BCUT2D eigenvalue weighted by Crippen LogP contribution is 2.36. The predicted octanol–water partition coefficient (Wildman–Crippen LogP) is 3.80. The fraction of sp³-hybridized carbons (Fsp3) is 0.133. The maximum Gasteiger partial charge on any atom is 0.230 e. The van der Waals surface area contributed by atoms with Gasteiger partial charge >= 0.3 is 0 Å². The molecule has 0 fully saturated rings. The zero-order valence-corrected chi connectivity index (χ0v) is 10.8. The van der Waals surface area contributed by atoms with E-state index in [2.05, 4.69) is 5.16 Å². The quantitative estimate of drug-likeness (QED) is 0.755. The van der Waals surface area contributed by atoms with Crippen LogP contribution in [0.2, 0.25) is 0 Å². The van der Waals surface area contributed by atoms with Gasteiger partial charge < -0.3 is 14.7 Å². The van der Waals surface area contributed by atoms with Crippen LogP contribution in [-0.4, -0.2) is 5.16 Å². The maximum atomic E-state index is 5.90. The fourth-order valence-corrected chi connectivity index (χ4v) is 2.07. The molecule has 0 aliphatic heterocycles. The molecule has 1 aromatic carbocycles. The summed E-state index contributed by atoms with van der Waals surface area (Å²) in [4.78, 5) is 0. The summed E-state index contributed by atoms with van der Waals surface area (Å²) in [5.74, 6) is 1.14. The molecule has 0 atom stereocenters. The third-order valence-electron chi connectivity index (χ3n) is 3.06. The lowest BCUT2D eigenvalue weighted by molar-refractivity contribution is 0.439. The Labute approximate surface area is 110 Å². The molecule has 0 amide bonds. The van der Waals surface area contributed by atoms with Gasteiger partial charge in [-0.2, -0.15) is 0 Å². The summed E-state index contributed by atoms with van der Waals surface area (Å²) in [5, 5.41) is 4.04. The molecule has 4 nitrogen and oxygen atoms in total.